The van der Waals surface area contributed by atoms with Gasteiger partial charge in [-0.05, 0) is 26.3 Å². The third-order valence-corrected chi connectivity index (χ3v) is 5.04. The predicted molar refractivity (Wildman–Crippen MR) is 74.6 cm³/mol. The van der Waals surface area contributed by atoms with Crippen molar-refractivity contribution < 1.29 is 4.74 Å². The third-order valence-electron chi connectivity index (χ3n) is 3.34. The smallest absolute Gasteiger partial charge is 0.0534 e. The van der Waals surface area contributed by atoms with Gasteiger partial charge in [-0.2, -0.15) is 0 Å². The summed E-state index contributed by atoms with van der Waals surface area (Å²) in [5, 5.41) is 0. The summed E-state index contributed by atoms with van der Waals surface area (Å²) in [4.78, 5) is 0. The molecule has 0 saturated carbocycles. The molecule has 2 heteroatoms. The Hall–Kier alpha value is -0.343. The van der Waals surface area contributed by atoms with Crippen molar-refractivity contribution in [1.29, 1.82) is 0 Å². The molecule has 0 N–H and O–H groups in total. The van der Waals surface area contributed by atoms with Gasteiger partial charge >= 0.3 is 0 Å². The van der Waals surface area contributed by atoms with E-state index in [-0.39, 0.29) is 0 Å². The zero-order valence-corrected chi connectivity index (χ0v) is 12.5. The van der Waals surface area contributed by atoms with Crippen molar-refractivity contribution in [3.05, 3.63) is 23.3 Å². The van der Waals surface area contributed by atoms with Gasteiger partial charge in [0.1, 0.15) is 0 Å². The molecule has 0 heterocycles. The van der Waals surface area contributed by atoms with Crippen molar-refractivity contribution >= 4 is 8.07 Å². The summed E-state index contributed by atoms with van der Waals surface area (Å²) < 4.78 is 5.83. The summed E-state index contributed by atoms with van der Waals surface area (Å²) in [5.74, 6) is 0.617. The monoisotopic (exact) mass is 238 g/mol. The minimum Gasteiger partial charge on any atom is -0.381 e. The molecule has 0 aromatic carbocycles. The van der Waals surface area contributed by atoms with E-state index >= 15 is 0 Å². The van der Waals surface area contributed by atoms with Crippen LogP contribution in [-0.4, -0.2) is 21.3 Å². The molecule has 0 fully saturated rings. The van der Waals surface area contributed by atoms with Crippen LogP contribution in [0.2, 0.25) is 25.7 Å². The van der Waals surface area contributed by atoms with Crippen LogP contribution in [0.4, 0.5) is 0 Å². The van der Waals surface area contributed by atoms with Crippen LogP contribution in [0, 0.1) is 5.92 Å². The van der Waals surface area contributed by atoms with E-state index in [1.54, 1.807) is 0 Å². The van der Waals surface area contributed by atoms with Crippen molar-refractivity contribution in [1.82, 2.24) is 0 Å². The predicted octanol–water partition coefficient (Wildman–Crippen LogP) is 4.25. The zero-order valence-electron chi connectivity index (χ0n) is 11.5. The van der Waals surface area contributed by atoms with E-state index in [0.717, 1.165) is 19.6 Å². The van der Waals surface area contributed by atoms with Gasteiger partial charge < -0.3 is 4.74 Å². The van der Waals surface area contributed by atoms with Crippen LogP contribution in [0.1, 0.15) is 20.3 Å². The summed E-state index contributed by atoms with van der Waals surface area (Å²) in [7, 11) is -0.925. The van der Waals surface area contributed by atoms with E-state index in [1.807, 2.05) is 0 Å². The highest BCUT2D eigenvalue weighted by Gasteiger charge is 2.16. The average Bonchev–Trinajstić information content (AvgIpc) is 2.17. The number of hydrogen-bond acceptors (Lipinski definition) is 1. The molecule has 16 heavy (non-hydrogen) atoms. The van der Waals surface area contributed by atoms with Crippen molar-refractivity contribution in [3.63, 3.8) is 0 Å². The quantitative estimate of drug-likeness (QED) is 0.514. The highest BCUT2D eigenvalue weighted by atomic mass is 28.3. The molecule has 1 aliphatic carbocycles. The summed E-state index contributed by atoms with van der Waals surface area (Å²) in [5.41, 5.74) is 2.93. The number of rotatable bonds is 5. The SMILES string of the molecule is CC1=C(C)C(COCC[Si](C)(C)C)CC=C1. The highest BCUT2D eigenvalue weighted by molar-refractivity contribution is 6.76. The molecule has 0 spiro atoms. The lowest BCUT2D eigenvalue weighted by atomic mass is 9.89. The fourth-order valence-electron chi connectivity index (χ4n) is 1.84. The zero-order chi connectivity index (χ0) is 12.2. The van der Waals surface area contributed by atoms with Crippen LogP contribution >= 0.6 is 0 Å². The topological polar surface area (TPSA) is 9.23 Å². The summed E-state index contributed by atoms with van der Waals surface area (Å²) in [6.07, 6.45) is 5.65. The molecule has 0 aromatic heterocycles. The summed E-state index contributed by atoms with van der Waals surface area (Å²) in [6.45, 7) is 13.5. The molecule has 0 aromatic rings. The van der Waals surface area contributed by atoms with E-state index in [4.69, 9.17) is 4.74 Å². The fourth-order valence-corrected chi connectivity index (χ4v) is 2.59. The molecule has 1 unspecified atom stereocenters. The molecule has 92 valence electrons. The Morgan fingerprint density at radius 2 is 2.00 bits per heavy atom. The molecule has 0 aliphatic heterocycles. The molecule has 1 atom stereocenters. The maximum atomic E-state index is 5.83. The highest BCUT2D eigenvalue weighted by Crippen LogP contribution is 2.25. The Morgan fingerprint density at radius 3 is 2.62 bits per heavy atom. The molecule has 0 radical (unpaired) electrons. The van der Waals surface area contributed by atoms with Crippen molar-refractivity contribution in [2.45, 2.75) is 46.0 Å². The second-order valence-electron chi connectivity index (χ2n) is 6.09. The summed E-state index contributed by atoms with van der Waals surface area (Å²) >= 11 is 0. The minimum absolute atomic E-state index is 0.617. The van der Waals surface area contributed by atoms with Crippen LogP contribution in [-0.2, 0) is 4.74 Å². The van der Waals surface area contributed by atoms with Crippen LogP contribution < -0.4 is 0 Å². The van der Waals surface area contributed by atoms with Gasteiger partial charge in [0.05, 0.1) is 6.61 Å². The molecular formula is C14H26OSi. The van der Waals surface area contributed by atoms with Gasteiger partial charge in [-0.15, -0.1) is 0 Å². The van der Waals surface area contributed by atoms with Crippen LogP contribution in [0.15, 0.2) is 23.3 Å². The van der Waals surface area contributed by atoms with Gasteiger partial charge in [-0.3, -0.25) is 0 Å². The molecule has 0 amide bonds. The van der Waals surface area contributed by atoms with E-state index in [0.29, 0.717) is 5.92 Å². The normalized spacial score (nSPS) is 21.7. The van der Waals surface area contributed by atoms with Crippen molar-refractivity contribution in [2.24, 2.45) is 5.92 Å². The molecule has 0 saturated heterocycles. The van der Waals surface area contributed by atoms with Gasteiger partial charge in [-0.1, -0.05) is 42.9 Å². The average molecular weight is 238 g/mol. The second kappa shape index (κ2) is 5.83. The lowest BCUT2D eigenvalue weighted by Gasteiger charge is -2.22. The Bertz CT molecular complexity index is 284. The van der Waals surface area contributed by atoms with Gasteiger partial charge in [0, 0.05) is 20.6 Å². The first-order valence-corrected chi connectivity index (χ1v) is 10.0. The number of allylic oxidation sites excluding steroid dienone is 3. The van der Waals surface area contributed by atoms with Crippen LogP contribution in [0.5, 0.6) is 0 Å². The molecule has 1 nitrogen and oxygen atoms in total. The van der Waals surface area contributed by atoms with Gasteiger partial charge in [0.15, 0.2) is 0 Å². The molecule has 1 aliphatic rings. The lowest BCUT2D eigenvalue weighted by molar-refractivity contribution is 0.120. The van der Waals surface area contributed by atoms with Gasteiger partial charge in [0.25, 0.3) is 0 Å². The summed E-state index contributed by atoms with van der Waals surface area (Å²) in [6, 6.07) is 1.28. The maximum Gasteiger partial charge on any atom is 0.0534 e. The van der Waals surface area contributed by atoms with Crippen LogP contribution in [0.25, 0.3) is 0 Å². The van der Waals surface area contributed by atoms with E-state index < -0.39 is 8.07 Å². The third kappa shape index (κ3) is 4.66. The van der Waals surface area contributed by atoms with Crippen molar-refractivity contribution in [3.8, 4) is 0 Å². The fraction of sp³-hybridized carbons (Fsp3) is 0.714. The van der Waals surface area contributed by atoms with E-state index in [2.05, 4.69) is 45.6 Å². The van der Waals surface area contributed by atoms with Gasteiger partial charge in [-0.25, -0.2) is 0 Å². The first-order valence-electron chi connectivity index (χ1n) is 6.32. The molecule has 1 rings (SSSR count). The molecule has 0 bridgehead atoms. The number of ether oxygens (including phenoxy) is 1. The Labute approximate surface area is 102 Å². The maximum absolute atomic E-state index is 5.83. The van der Waals surface area contributed by atoms with E-state index in [1.165, 1.54) is 17.2 Å². The second-order valence-corrected chi connectivity index (χ2v) is 11.7. The van der Waals surface area contributed by atoms with Gasteiger partial charge in [0.2, 0.25) is 0 Å². The Morgan fingerprint density at radius 1 is 1.31 bits per heavy atom. The number of hydrogen-bond donors (Lipinski definition) is 0. The molecular weight excluding hydrogens is 212 g/mol. The standard InChI is InChI=1S/C14H26OSi/c1-12-7-6-8-14(13(12)2)11-15-9-10-16(3,4)5/h6-7,14H,8-11H2,1-5H3. The Kier molecular flexibility index (Phi) is 5.00. The van der Waals surface area contributed by atoms with Crippen LogP contribution in [0.3, 0.4) is 0 Å². The largest absolute Gasteiger partial charge is 0.381 e. The van der Waals surface area contributed by atoms with E-state index in [9.17, 15) is 0 Å². The Balaban J connectivity index is 2.27. The lowest BCUT2D eigenvalue weighted by Crippen LogP contribution is -2.23. The minimum atomic E-state index is -0.925. The first-order chi connectivity index (χ1) is 7.40. The van der Waals surface area contributed by atoms with Crippen molar-refractivity contribution in [2.75, 3.05) is 13.2 Å². The first kappa shape index (κ1) is 13.7.